The molecule has 0 fully saturated rings. The third-order valence-electron chi connectivity index (χ3n) is 1.91. The van der Waals surface area contributed by atoms with Crippen molar-refractivity contribution in [2.45, 2.75) is 38.2 Å². The zero-order chi connectivity index (χ0) is 11.5. The van der Waals surface area contributed by atoms with Gasteiger partial charge in [0.25, 0.3) is 0 Å². The van der Waals surface area contributed by atoms with E-state index in [1.165, 1.54) is 0 Å². The maximum atomic E-state index is 11.8. The second-order valence-corrected chi connectivity index (χ2v) is 5.17. The predicted octanol–water partition coefficient (Wildman–Crippen LogP) is 2.12. The number of hydrogen-bond acceptors (Lipinski definition) is 4. The van der Waals surface area contributed by atoms with Crippen molar-refractivity contribution >= 4 is 18.0 Å². The fourth-order valence-electron chi connectivity index (χ4n) is 1.29. The molecule has 1 aliphatic heterocycles. The molecule has 1 heterocycles. The van der Waals surface area contributed by atoms with Crippen LogP contribution in [0.2, 0.25) is 0 Å². The van der Waals surface area contributed by atoms with E-state index in [-0.39, 0.29) is 11.5 Å². The van der Waals surface area contributed by atoms with Gasteiger partial charge >= 0.3 is 6.09 Å². The Morgan fingerprint density at radius 2 is 2.27 bits per heavy atom. The Labute approximate surface area is 95.0 Å². The largest absolute Gasteiger partial charge is 0.444 e. The number of amides is 1. The highest BCUT2D eigenvalue weighted by molar-refractivity contribution is 7.97. The molecule has 0 radical (unpaired) electrons. The molecule has 0 saturated carbocycles. The minimum atomic E-state index is -0.456. The molecule has 0 bridgehead atoms. The summed E-state index contributed by atoms with van der Waals surface area (Å²) in [4.78, 5) is 13.4. The van der Waals surface area contributed by atoms with Gasteiger partial charge in [-0.15, -0.1) is 0 Å². The average molecular weight is 230 g/mol. The summed E-state index contributed by atoms with van der Waals surface area (Å²) >= 11 is 1.15. The first-order chi connectivity index (χ1) is 6.94. The predicted molar refractivity (Wildman–Crippen MR) is 62.3 cm³/mol. The Morgan fingerprint density at radius 3 is 2.80 bits per heavy atom. The lowest BCUT2D eigenvalue weighted by atomic mass is 10.2. The van der Waals surface area contributed by atoms with Crippen molar-refractivity contribution in [1.82, 2.24) is 4.90 Å². The maximum Gasteiger partial charge on any atom is 0.411 e. The smallest absolute Gasteiger partial charge is 0.411 e. The van der Waals surface area contributed by atoms with Crippen LogP contribution in [0.5, 0.6) is 0 Å². The summed E-state index contributed by atoms with van der Waals surface area (Å²) in [7, 11) is 0. The number of carbonyl (C=O) groups is 1. The van der Waals surface area contributed by atoms with E-state index in [1.807, 2.05) is 32.9 Å². The summed E-state index contributed by atoms with van der Waals surface area (Å²) in [5.74, 6) is 0. The van der Waals surface area contributed by atoms with Crippen LogP contribution in [0.4, 0.5) is 4.79 Å². The second-order valence-electron chi connectivity index (χ2n) is 4.42. The summed E-state index contributed by atoms with van der Waals surface area (Å²) in [5, 5.41) is 5.41. The van der Waals surface area contributed by atoms with Crippen LogP contribution in [0.3, 0.4) is 0 Å². The third-order valence-corrected chi connectivity index (χ3v) is 2.60. The molecule has 1 atom stereocenters. The van der Waals surface area contributed by atoms with Crippen LogP contribution in [0.25, 0.3) is 0 Å². The molecule has 1 amide bonds. The number of nitrogens with two attached hydrogens (primary N) is 1. The van der Waals surface area contributed by atoms with Crippen LogP contribution in [-0.4, -0.2) is 28.5 Å². The van der Waals surface area contributed by atoms with Crippen molar-refractivity contribution < 1.29 is 9.53 Å². The number of rotatable bonds is 1. The van der Waals surface area contributed by atoms with Crippen LogP contribution in [0.1, 0.15) is 27.2 Å². The van der Waals surface area contributed by atoms with Gasteiger partial charge in [-0.05, 0) is 27.2 Å². The van der Waals surface area contributed by atoms with Gasteiger partial charge in [0.15, 0.2) is 0 Å². The van der Waals surface area contributed by atoms with Crippen molar-refractivity contribution in [3.8, 4) is 0 Å². The molecular weight excluding hydrogens is 212 g/mol. The SMILES string of the molecule is CC(C)(C)OC(=O)N1CCC=CC1SN. The van der Waals surface area contributed by atoms with E-state index < -0.39 is 5.60 Å². The van der Waals surface area contributed by atoms with Gasteiger partial charge in [-0.25, -0.2) is 4.79 Å². The lowest BCUT2D eigenvalue weighted by Crippen LogP contribution is -2.43. The standard InChI is InChI=1S/C10H18N2O2S/c1-10(2,3)14-9(13)12-7-5-4-6-8(12)15-11/h4,6,8H,5,7,11H2,1-3H3. The van der Waals surface area contributed by atoms with Crippen molar-refractivity contribution in [3.05, 3.63) is 12.2 Å². The van der Waals surface area contributed by atoms with E-state index in [0.717, 1.165) is 18.4 Å². The lowest BCUT2D eigenvalue weighted by Gasteiger charge is -2.32. The molecule has 0 aromatic carbocycles. The summed E-state index contributed by atoms with van der Waals surface area (Å²) in [6, 6.07) is 0. The topological polar surface area (TPSA) is 55.6 Å². The molecule has 2 N–H and O–H groups in total. The summed E-state index contributed by atoms with van der Waals surface area (Å²) in [6.45, 7) is 6.24. The molecule has 0 spiro atoms. The number of hydrogen-bond donors (Lipinski definition) is 1. The maximum absolute atomic E-state index is 11.8. The fourth-order valence-corrected chi connectivity index (χ4v) is 1.83. The summed E-state index contributed by atoms with van der Waals surface area (Å²) in [5.41, 5.74) is -0.456. The van der Waals surface area contributed by atoms with Gasteiger partial charge in [-0.2, -0.15) is 0 Å². The van der Waals surface area contributed by atoms with Crippen LogP contribution < -0.4 is 5.14 Å². The molecule has 1 unspecified atom stereocenters. The highest BCUT2D eigenvalue weighted by atomic mass is 32.2. The van der Waals surface area contributed by atoms with Crippen LogP contribution in [0, 0.1) is 0 Å². The van der Waals surface area contributed by atoms with Crippen LogP contribution >= 0.6 is 11.9 Å². The Bertz CT molecular complexity index is 261. The number of nitrogens with zero attached hydrogens (tertiary/aromatic N) is 1. The first-order valence-corrected chi connectivity index (χ1v) is 5.90. The molecule has 5 heteroatoms. The summed E-state index contributed by atoms with van der Waals surface area (Å²) in [6.07, 6.45) is 4.52. The molecule has 0 aromatic rings. The van der Waals surface area contributed by atoms with Crippen LogP contribution in [0.15, 0.2) is 12.2 Å². The van der Waals surface area contributed by atoms with Crippen molar-refractivity contribution in [1.29, 1.82) is 0 Å². The van der Waals surface area contributed by atoms with Gasteiger partial charge in [0, 0.05) is 6.54 Å². The van der Waals surface area contributed by atoms with Crippen LogP contribution in [-0.2, 0) is 4.74 Å². The zero-order valence-electron chi connectivity index (χ0n) is 9.40. The Balaban J connectivity index is 2.62. The minimum absolute atomic E-state index is 0.103. The first kappa shape index (κ1) is 12.4. The lowest BCUT2D eigenvalue weighted by molar-refractivity contribution is 0.0248. The Kier molecular flexibility index (Phi) is 4.04. The van der Waals surface area contributed by atoms with Gasteiger partial charge in [-0.3, -0.25) is 10.0 Å². The number of carbonyl (C=O) groups excluding carboxylic acids is 1. The van der Waals surface area contributed by atoms with Gasteiger partial charge in [0.1, 0.15) is 11.0 Å². The second kappa shape index (κ2) is 4.90. The van der Waals surface area contributed by atoms with E-state index in [1.54, 1.807) is 4.90 Å². The van der Waals surface area contributed by atoms with Crippen molar-refractivity contribution in [3.63, 3.8) is 0 Å². The van der Waals surface area contributed by atoms with E-state index in [0.29, 0.717) is 6.54 Å². The highest BCUT2D eigenvalue weighted by Crippen LogP contribution is 2.20. The van der Waals surface area contributed by atoms with Gasteiger partial charge in [-0.1, -0.05) is 24.1 Å². The minimum Gasteiger partial charge on any atom is -0.444 e. The van der Waals surface area contributed by atoms with Crippen molar-refractivity contribution in [2.24, 2.45) is 5.14 Å². The molecule has 0 aromatic heterocycles. The third kappa shape index (κ3) is 3.76. The summed E-state index contributed by atoms with van der Waals surface area (Å²) < 4.78 is 5.29. The normalized spacial score (nSPS) is 21.6. The molecule has 15 heavy (non-hydrogen) atoms. The molecule has 1 aliphatic rings. The zero-order valence-corrected chi connectivity index (χ0v) is 10.2. The first-order valence-electron chi connectivity index (χ1n) is 4.96. The van der Waals surface area contributed by atoms with E-state index in [9.17, 15) is 4.79 Å². The highest BCUT2D eigenvalue weighted by Gasteiger charge is 2.27. The van der Waals surface area contributed by atoms with Crippen molar-refractivity contribution in [2.75, 3.05) is 6.54 Å². The van der Waals surface area contributed by atoms with Gasteiger partial charge < -0.3 is 4.74 Å². The van der Waals surface area contributed by atoms with E-state index in [4.69, 9.17) is 9.88 Å². The Hall–Kier alpha value is -0.680. The van der Waals surface area contributed by atoms with Gasteiger partial charge in [0.2, 0.25) is 0 Å². The molecule has 4 nitrogen and oxygen atoms in total. The molecular formula is C10H18N2O2S. The van der Waals surface area contributed by atoms with E-state index >= 15 is 0 Å². The quantitative estimate of drug-likeness (QED) is 0.554. The van der Waals surface area contributed by atoms with E-state index in [2.05, 4.69) is 0 Å². The number of ether oxygens (including phenoxy) is 1. The molecule has 86 valence electrons. The Morgan fingerprint density at radius 1 is 1.60 bits per heavy atom. The molecule has 0 saturated heterocycles. The van der Waals surface area contributed by atoms with Gasteiger partial charge in [0.05, 0.1) is 0 Å². The fraction of sp³-hybridized carbons (Fsp3) is 0.700. The monoisotopic (exact) mass is 230 g/mol. The molecule has 0 aliphatic carbocycles. The average Bonchev–Trinajstić information content (AvgIpc) is 2.15. The molecule has 1 rings (SSSR count).